The first-order chi connectivity index (χ1) is 9.72. The molecule has 0 bridgehead atoms. The molecule has 0 N–H and O–H groups in total. The van der Waals surface area contributed by atoms with E-state index in [4.69, 9.17) is 16.0 Å². The number of aromatic nitrogens is 1. The van der Waals surface area contributed by atoms with Crippen LogP contribution in [0, 0.1) is 0 Å². The molecule has 3 nitrogen and oxygen atoms in total. The van der Waals surface area contributed by atoms with Gasteiger partial charge in [-0.25, -0.2) is 9.78 Å². The molecule has 0 unspecified atom stereocenters. The highest BCUT2D eigenvalue weighted by molar-refractivity contribution is 6.31. The Morgan fingerprint density at radius 1 is 1.00 bits per heavy atom. The number of halogens is 1. The molecule has 2 heterocycles. The summed E-state index contributed by atoms with van der Waals surface area (Å²) in [7, 11) is 0. The van der Waals surface area contributed by atoms with Crippen molar-refractivity contribution in [3.8, 4) is 0 Å². The monoisotopic (exact) mass is 281 g/mol. The largest absolute Gasteiger partial charge is 0.422 e. The van der Waals surface area contributed by atoms with Crippen LogP contribution in [0.25, 0.3) is 32.8 Å². The molecule has 0 radical (unpaired) electrons. The number of para-hydroxylation sites is 1. The van der Waals surface area contributed by atoms with Gasteiger partial charge in [0.05, 0.1) is 16.4 Å². The molecule has 20 heavy (non-hydrogen) atoms. The van der Waals surface area contributed by atoms with Crippen molar-refractivity contribution in [2.24, 2.45) is 0 Å². The summed E-state index contributed by atoms with van der Waals surface area (Å²) in [6.45, 7) is 0. The summed E-state index contributed by atoms with van der Waals surface area (Å²) in [4.78, 5) is 16.7. The van der Waals surface area contributed by atoms with Crippen LogP contribution in [-0.4, -0.2) is 4.98 Å². The second-order valence-corrected chi connectivity index (χ2v) is 5.04. The SMILES string of the molecule is O=c1oc2ccc(Cl)cc2c2nc3ccccc3cc12. The highest BCUT2D eigenvalue weighted by Gasteiger charge is 2.10. The second-order valence-electron chi connectivity index (χ2n) is 4.61. The second kappa shape index (κ2) is 4.05. The van der Waals surface area contributed by atoms with E-state index in [1.54, 1.807) is 18.2 Å². The Morgan fingerprint density at radius 3 is 2.75 bits per heavy atom. The summed E-state index contributed by atoms with van der Waals surface area (Å²) in [6, 6.07) is 14.6. The van der Waals surface area contributed by atoms with Crippen LogP contribution < -0.4 is 5.63 Å². The Bertz CT molecular complexity index is 1040. The molecule has 0 saturated carbocycles. The van der Waals surface area contributed by atoms with E-state index < -0.39 is 0 Å². The maximum Gasteiger partial charge on any atom is 0.345 e. The average Bonchev–Trinajstić information content (AvgIpc) is 2.47. The summed E-state index contributed by atoms with van der Waals surface area (Å²) in [5.41, 5.74) is 1.58. The molecule has 0 spiro atoms. The van der Waals surface area contributed by atoms with Crippen molar-refractivity contribution in [3.63, 3.8) is 0 Å². The van der Waals surface area contributed by atoms with E-state index in [0.717, 1.165) is 16.3 Å². The van der Waals surface area contributed by atoms with Gasteiger partial charge in [-0.3, -0.25) is 0 Å². The molecule has 0 amide bonds. The number of hydrogen-bond acceptors (Lipinski definition) is 3. The molecular formula is C16H8ClNO2. The highest BCUT2D eigenvalue weighted by atomic mass is 35.5. The van der Waals surface area contributed by atoms with E-state index in [2.05, 4.69) is 4.98 Å². The third-order valence-corrected chi connectivity index (χ3v) is 3.58. The predicted octanol–water partition coefficient (Wildman–Crippen LogP) is 4.15. The Balaban J connectivity index is 2.32. The van der Waals surface area contributed by atoms with E-state index in [-0.39, 0.29) is 5.63 Å². The van der Waals surface area contributed by atoms with Gasteiger partial charge < -0.3 is 4.42 Å². The van der Waals surface area contributed by atoms with Gasteiger partial charge in [0, 0.05) is 15.8 Å². The summed E-state index contributed by atoms with van der Waals surface area (Å²) in [5, 5.41) is 2.72. The molecular weight excluding hydrogens is 274 g/mol. The first kappa shape index (κ1) is 11.4. The fourth-order valence-corrected chi connectivity index (χ4v) is 2.58. The lowest BCUT2D eigenvalue weighted by atomic mass is 10.1. The molecule has 4 heteroatoms. The fourth-order valence-electron chi connectivity index (χ4n) is 2.41. The van der Waals surface area contributed by atoms with Crippen LogP contribution in [0.2, 0.25) is 5.02 Å². The van der Waals surface area contributed by atoms with Gasteiger partial charge in [-0.1, -0.05) is 29.8 Å². The number of hydrogen-bond donors (Lipinski definition) is 0. The van der Waals surface area contributed by atoms with Gasteiger partial charge in [0.2, 0.25) is 0 Å². The van der Waals surface area contributed by atoms with Crippen molar-refractivity contribution in [1.82, 2.24) is 4.98 Å². The van der Waals surface area contributed by atoms with Crippen LogP contribution in [0.4, 0.5) is 0 Å². The normalized spacial score (nSPS) is 11.4. The predicted molar refractivity (Wildman–Crippen MR) is 80.3 cm³/mol. The zero-order valence-corrected chi connectivity index (χ0v) is 11.0. The van der Waals surface area contributed by atoms with Crippen LogP contribution in [0.3, 0.4) is 0 Å². The molecule has 4 aromatic rings. The standard InChI is InChI=1S/C16H8ClNO2/c17-10-5-6-14-11(8-10)15-12(16(19)20-14)7-9-3-1-2-4-13(9)18-15/h1-8H. The Kier molecular flexibility index (Phi) is 2.32. The minimum atomic E-state index is -0.381. The highest BCUT2D eigenvalue weighted by Crippen LogP contribution is 2.26. The van der Waals surface area contributed by atoms with Gasteiger partial charge in [0.1, 0.15) is 5.58 Å². The van der Waals surface area contributed by atoms with Crippen LogP contribution in [0.15, 0.2) is 57.7 Å². The third kappa shape index (κ3) is 1.60. The van der Waals surface area contributed by atoms with E-state index in [1.807, 2.05) is 30.3 Å². The number of pyridine rings is 1. The maximum atomic E-state index is 12.1. The smallest absolute Gasteiger partial charge is 0.345 e. The molecule has 0 saturated heterocycles. The summed E-state index contributed by atoms with van der Waals surface area (Å²) in [5.74, 6) is 0. The zero-order valence-electron chi connectivity index (χ0n) is 10.3. The molecule has 0 aliphatic carbocycles. The summed E-state index contributed by atoms with van der Waals surface area (Å²) in [6.07, 6.45) is 0. The van der Waals surface area contributed by atoms with E-state index in [1.165, 1.54) is 0 Å². The fraction of sp³-hybridized carbons (Fsp3) is 0. The Hall–Kier alpha value is -2.39. The van der Waals surface area contributed by atoms with Crippen molar-refractivity contribution in [2.75, 3.05) is 0 Å². The van der Waals surface area contributed by atoms with Crippen LogP contribution in [0.5, 0.6) is 0 Å². The molecule has 2 aromatic heterocycles. The van der Waals surface area contributed by atoms with Gasteiger partial charge >= 0.3 is 5.63 Å². The number of rotatable bonds is 0. The van der Waals surface area contributed by atoms with Gasteiger partial charge in [-0.2, -0.15) is 0 Å². The van der Waals surface area contributed by atoms with Crippen molar-refractivity contribution >= 4 is 44.4 Å². The van der Waals surface area contributed by atoms with E-state index in [9.17, 15) is 4.79 Å². The van der Waals surface area contributed by atoms with Crippen molar-refractivity contribution < 1.29 is 4.42 Å². The Morgan fingerprint density at radius 2 is 1.85 bits per heavy atom. The lowest BCUT2D eigenvalue weighted by Crippen LogP contribution is -2.01. The van der Waals surface area contributed by atoms with Gasteiger partial charge in [-0.05, 0) is 30.3 Å². The van der Waals surface area contributed by atoms with Gasteiger partial charge in [0.25, 0.3) is 0 Å². The van der Waals surface area contributed by atoms with Crippen LogP contribution in [-0.2, 0) is 0 Å². The van der Waals surface area contributed by atoms with Crippen molar-refractivity contribution in [2.45, 2.75) is 0 Å². The maximum absolute atomic E-state index is 12.1. The average molecular weight is 282 g/mol. The first-order valence-electron chi connectivity index (χ1n) is 6.14. The van der Waals surface area contributed by atoms with Crippen LogP contribution in [0.1, 0.15) is 0 Å². The molecule has 0 atom stereocenters. The third-order valence-electron chi connectivity index (χ3n) is 3.34. The number of nitrogens with zero attached hydrogens (tertiary/aromatic N) is 1. The zero-order chi connectivity index (χ0) is 13.7. The minimum Gasteiger partial charge on any atom is -0.422 e. The lowest BCUT2D eigenvalue weighted by molar-refractivity contribution is 0.569. The molecule has 2 aromatic carbocycles. The Labute approximate surface area is 118 Å². The summed E-state index contributed by atoms with van der Waals surface area (Å²) >= 11 is 6.03. The molecule has 0 aliphatic heterocycles. The first-order valence-corrected chi connectivity index (χ1v) is 6.52. The molecule has 0 aliphatic rings. The quantitative estimate of drug-likeness (QED) is 0.276. The lowest BCUT2D eigenvalue weighted by Gasteiger charge is -2.04. The topological polar surface area (TPSA) is 43.1 Å². The van der Waals surface area contributed by atoms with Crippen LogP contribution >= 0.6 is 11.6 Å². The van der Waals surface area contributed by atoms with Crippen molar-refractivity contribution in [3.05, 3.63) is 64.0 Å². The molecule has 4 rings (SSSR count). The minimum absolute atomic E-state index is 0.381. The molecule has 96 valence electrons. The summed E-state index contributed by atoms with van der Waals surface area (Å²) < 4.78 is 5.32. The van der Waals surface area contributed by atoms with E-state index >= 15 is 0 Å². The molecule has 0 fully saturated rings. The van der Waals surface area contributed by atoms with Gasteiger partial charge in [-0.15, -0.1) is 0 Å². The number of fused-ring (bicyclic) bond motifs is 4. The van der Waals surface area contributed by atoms with E-state index in [0.29, 0.717) is 21.5 Å². The number of benzene rings is 2. The van der Waals surface area contributed by atoms with Crippen molar-refractivity contribution in [1.29, 1.82) is 0 Å². The van der Waals surface area contributed by atoms with Gasteiger partial charge in [0.15, 0.2) is 0 Å².